The Morgan fingerprint density at radius 1 is 1.07 bits per heavy atom. The predicted octanol–water partition coefficient (Wildman–Crippen LogP) is 3.02. The van der Waals surface area contributed by atoms with E-state index in [-0.39, 0.29) is 23.7 Å². The molecule has 2 atom stereocenters. The number of rotatable bonds is 1. The van der Waals surface area contributed by atoms with Gasteiger partial charge in [0.2, 0.25) is 5.91 Å². The van der Waals surface area contributed by atoms with E-state index in [1.807, 2.05) is 29.2 Å². The molecule has 3 heterocycles. The number of nitrogens with one attached hydrogen (secondary N) is 1. The number of carbonyl (C=O) groups excluding carboxylic acids is 3. The summed E-state index contributed by atoms with van der Waals surface area (Å²) in [4.78, 5) is 42.9. The average Bonchev–Trinajstić information content (AvgIpc) is 2.74. The van der Waals surface area contributed by atoms with E-state index in [9.17, 15) is 14.4 Å². The molecule has 2 aromatic carbocycles. The third-order valence-electron chi connectivity index (χ3n) is 6.03. The summed E-state index contributed by atoms with van der Waals surface area (Å²) in [6, 6.07) is 10.8. The Labute approximate surface area is 182 Å². The van der Waals surface area contributed by atoms with E-state index in [1.165, 1.54) is 12.1 Å². The molecule has 0 aliphatic carbocycles. The number of morpholine rings is 1. The highest BCUT2D eigenvalue weighted by Crippen LogP contribution is 2.46. The summed E-state index contributed by atoms with van der Waals surface area (Å²) < 4.78 is 5.66. The summed E-state index contributed by atoms with van der Waals surface area (Å²) in [5.41, 5.74) is 0.446. The molecule has 0 aromatic heterocycles. The molecule has 30 heavy (non-hydrogen) atoms. The first-order valence-electron chi connectivity index (χ1n) is 9.51. The molecule has 2 aromatic rings. The first-order chi connectivity index (χ1) is 14.4. The lowest BCUT2D eigenvalue weighted by Gasteiger charge is -2.53. The maximum atomic E-state index is 13.9. The van der Waals surface area contributed by atoms with E-state index in [0.29, 0.717) is 18.2 Å². The second-order valence-corrected chi connectivity index (χ2v) is 8.40. The molecule has 7 nitrogen and oxygen atoms in total. The number of benzene rings is 2. The number of urea groups is 1. The van der Waals surface area contributed by atoms with Crippen LogP contribution in [-0.2, 0) is 20.7 Å². The molecule has 2 saturated heterocycles. The molecule has 0 bridgehead atoms. The Morgan fingerprint density at radius 3 is 2.70 bits per heavy atom. The van der Waals surface area contributed by atoms with E-state index >= 15 is 0 Å². The van der Waals surface area contributed by atoms with Crippen molar-refractivity contribution < 1.29 is 19.1 Å². The summed E-state index contributed by atoms with van der Waals surface area (Å²) in [5, 5.41) is 2.87. The predicted molar refractivity (Wildman–Crippen MR) is 112 cm³/mol. The number of ether oxygens (including phenoxy) is 1. The maximum absolute atomic E-state index is 13.9. The molecule has 9 heteroatoms. The number of fused-ring (bicyclic) bond motifs is 4. The number of hydrogen-bond donors (Lipinski definition) is 1. The number of halogens is 2. The smallest absolute Gasteiger partial charge is 0.335 e. The Bertz CT molecular complexity index is 1090. The van der Waals surface area contributed by atoms with E-state index in [0.717, 1.165) is 16.2 Å². The van der Waals surface area contributed by atoms with Gasteiger partial charge in [-0.2, -0.15) is 0 Å². The van der Waals surface area contributed by atoms with Gasteiger partial charge in [-0.05, 0) is 36.2 Å². The highest BCUT2D eigenvalue weighted by Gasteiger charge is 2.63. The van der Waals surface area contributed by atoms with Crippen LogP contribution < -0.4 is 15.1 Å². The summed E-state index contributed by atoms with van der Waals surface area (Å²) >= 11 is 12.4. The summed E-state index contributed by atoms with van der Waals surface area (Å²) in [6.07, 6.45) is 0.153. The van der Waals surface area contributed by atoms with Crippen molar-refractivity contribution in [3.05, 3.63) is 58.1 Å². The van der Waals surface area contributed by atoms with Crippen molar-refractivity contribution in [2.45, 2.75) is 12.5 Å². The van der Waals surface area contributed by atoms with Crippen molar-refractivity contribution in [1.82, 2.24) is 5.32 Å². The van der Waals surface area contributed by atoms with Crippen LogP contribution in [0.2, 0.25) is 10.0 Å². The fourth-order valence-electron chi connectivity index (χ4n) is 4.64. The molecule has 0 unspecified atom stereocenters. The van der Waals surface area contributed by atoms with Crippen LogP contribution >= 0.6 is 23.2 Å². The van der Waals surface area contributed by atoms with Crippen molar-refractivity contribution >= 4 is 52.4 Å². The molecule has 154 valence electrons. The van der Waals surface area contributed by atoms with Gasteiger partial charge in [0.1, 0.15) is 0 Å². The van der Waals surface area contributed by atoms with Crippen LogP contribution in [0, 0.1) is 5.41 Å². The molecule has 3 aliphatic heterocycles. The van der Waals surface area contributed by atoms with Gasteiger partial charge >= 0.3 is 6.03 Å². The first-order valence-corrected chi connectivity index (χ1v) is 10.3. The molecule has 0 saturated carbocycles. The number of imide groups is 2. The molecule has 5 rings (SSSR count). The lowest BCUT2D eigenvalue weighted by atomic mass is 9.68. The SMILES string of the molecule is O=C1NC(=O)[C@@]2(Cc3ccccc3N3CCOC[C@@H]32)C(=O)N1c1cc(Cl)ccc1Cl. The van der Waals surface area contributed by atoms with Gasteiger partial charge in [0, 0.05) is 17.3 Å². The fraction of sp³-hybridized carbons (Fsp3) is 0.286. The molecular weight excluding hydrogens is 429 g/mol. The van der Waals surface area contributed by atoms with E-state index in [4.69, 9.17) is 27.9 Å². The Morgan fingerprint density at radius 2 is 1.87 bits per heavy atom. The molecular formula is C21H17Cl2N3O4. The minimum absolute atomic E-state index is 0.140. The molecule has 1 N–H and O–H groups in total. The van der Waals surface area contributed by atoms with Gasteiger partial charge in [-0.1, -0.05) is 41.4 Å². The van der Waals surface area contributed by atoms with E-state index in [2.05, 4.69) is 5.32 Å². The van der Waals surface area contributed by atoms with Crippen LogP contribution in [0.3, 0.4) is 0 Å². The number of carbonyl (C=O) groups is 3. The molecule has 4 amide bonds. The number of nitrogens with zero attached hydrogens (tertiary/aromatic N) is 2. The topological polar surface area (TPSA) is 79.0 Å². The third-order valence-corrected chi connectivity index (χ3v) is 6.58. The number of hydrogen-bond acceptors (Lipinski definition) is 5. The minimum atomic E-state index is -1.53. The van der Waals surface area contributed by atoms with Gasteiger partial charge in [-0.25, -0.2) is 9.69 Å². The van der Waals surface area contributed by atoms with Crippen molar-refractivity contribution in [3.63, 3.8) is 0 Å². The second kappa shape index (κ2) is 6.97. The molecule has 2 fully saturated rings. The molecule has 0 radical (unpaired) electrons. The van der Waals surface area contributed by atoms with Gasteiger partial charge in [0.25, 0.3) is 5.91 Å². The van der Waals surface area contributed by atoms with E-state index in [1.54, 1.807) is 6.07 Å². The fourth-order valence-corrected chi connectivity index (χ4v) is 5.01. The molecule has 1 spiro atoms. The quantitative estimate of drug-likeness (QED) is 0.682. The van der Waals surface area contributed by atoms with Gasteiger partial charge in [-0.15, -0.1) is 0 Å². The lowest BCUT2D eigenvalue weighted by molar-refractivity contribution is -0.146. The van der Waals surface area contributed by atoms with Gasteiger partial charge in [-0.3, -0.25) is 14.9 Å². The zero-order valence-electron chi connectivity index (χ0n) is 15.7. The zero-order chi connectivity index (χ0) is 21.0. The zero-order valence-corrected chi connectivity index (χ0v) is 17.2. The second-order valence-electron chi connectivity index (χ2n) is 7.56. The van der Waals surface area contributed by atoms with Crippen LogP contribution in [0.15, 0.2) is 42.5 Å². The van der Waals surface area contributed by atoms with Gasteiger partial charge in [0.05, 0.1) is 30.0 Å². The van der Waals surface area contributed by atoms with Crippen molar-refractivity contribution in [1.29, 1.82) is 0 Å². The molecule has 3 aliphatic rings. The Kier molecular flexibility index (Phi) is 4.50. The Balaban J connectivity index is 1.68. The number of amides is 4. The summed E-state index contributed by atoms with van der Waals surface area (Å²) in [7, 11) is 0. The van der Waals surface area contributed by atoms with Crippen molar-refractivity contribution in [3.8, 4) is 0 Å². The maximum Gasteiger partial charge on any atom is 0.335 e. The number of barbiturate groups is 1. The third kappa shape index (κ3) is 2.66. The highest BCUT2D eigenvalue weighted by molar-refractivity contribution is 6.39. The normalized spacial score (nSPS) is 25.8. The van der Waals surface area contributed by atoms with Crippen molar-refractivity contribution in [2.75, 3.05) is 29.6 Å². The number of para-hydroxylation sites is 1. The van der Waals surface area contributed by atoms with Crippen LogP contribution in [0.4, 0.5) is 16.2 Å². The van der Waals surface area contributed by atoms with Crippen molar-refractivity contribution in [2.24, 2.45) is 5.41 Å². The van der Waals surface area contributed by atoms with Crippen LogP contribution in [-0.4, -0.2) is 43.6 Å². The van der Waals surface area contributed by atoms with Crippen LogP contribution in [0.1, 0.15) is 5.56 Å². The van der Waals surface area contributed by atoms with Gasteiger partial charge in [0.15, 0.2) is 5.41 Å². The summed E-state index contributed by atoms with van der Waals surface area (Å²) in [5.74, 6) is -1.25. The van der Waals surface area contributed by atoms with Crippen LogP contribution in [0.5, 0.6) is 0 Å². The Hall–Kier alpha value is -2.61. The first kappa shape index (κ1) is 19.4. The lowest BCUT2D eigenvalue weighted by Crippen LogP contribution is -2.74. The highest BCUT2D eigenvalue weighted by atomic mass is 35.5. The standard InChI is InChI=1S/C21H17Cl2N3O4/c22-13-5-6-14(23)16(9-13)26-19(28)21(18(27)24-20(26)29)10-12-3-1-2-4-15(12)25-7-8-30-11-17(21)25/h1-6,9,17H,7-8,10-11H2,(H,24,27,29)/t17-,21+/m1/s1. The van der Waals surface area contributed by atoms with Gasteiger partial charge < -0.3 is 9.64 Å². The minimum Gasteiger partial charge on any atom is -0.377 e. The average molecular weight is 446 g/mol. The van der Waals surface area contributed by atoms with E-state index < -0.39 is 29.3 Å². The monoisotopic (exact) mass is 445 g/mol. The largest absolute Gasteiger partial charge is 0.377 e. The number of anilines is 2. The summed E-state index contributed by atoms with van der Waals surface area (Å²) in [6.45, 7) is 1.22. The van der Waals surface area contributed by atoms with Crippen LogP contribution in [0.25, 0.3) is 0 Å².